The van der Waals surface area contributed by atoms with E-state index >= 15 is 0 Å². The highest BCUT2D eigenvalue weighted by Gasteiger charge is 2.43. The van der Waals surface area contributed by atoms with Crippen molar-refractivity contribution in [3.05, 3.63) is 71.8 Å². The van der Waals surface area contributed by atoms with E-state index in [0.717, 1.165) is 0 Å². The largest absolute Gasteiger partial charge is 0.444 e. The van der Waals surface area contributed by atoms with Crippen molar-refractivity contribution in [2.24, 2.45) is 29.5 Å². The van der Waals surface area contributed by atoms with Crippen LogP contribution in [-0.2, 0) is 65.5 Å². The number of amides is 11. The first-order valence-corrected chi connectivity index (χ1v) is 30.0. The van der Waals surface area contributed by atoms with Crippen LogP contribution in [0.2, 0.25) is 0 Å². The summed E-state index contributed by atoms with van der Waals surface area (Å²) in [6.07, 6.45) is 0.694. The molecule has 2 aliphatic rings. The van der Waals surface area contributed by atoms with Gasteiger partial charge in [0.1, 0.15) is 66.0 Å². The van der Waals surface area contributed by atoms with E-state index in [2.05, 4.69) is 48.0 Å². The van der Waals surface area contributed by atoms with Crippen LogP contribution in [0.25, 0.3) is 0 Å². The van der Waals surface area contributed by atoms with E-state index in [0.29, 0.717) is 30.4 Å². The summed E-state index contributed by atoms with van der Waals surface area (Å²) in [5.74, 6) is -3.51. The number of carbonyl (C=O) groups excluding carboxylic acids is 11. The van der Waals surface area contributed by atoms with Crippen LogP contribution in [0.1, 0.15) is 126 Å². The van der Waals surface area contributed by atoms with Gasteiger partial charge in [-0.2, -0.15) is 0 Å². The first-order chi connectivity index (χ1) is 41.0. The number of nitrogens with one attached hydrogen (secondary N) is 9. The molecule has 0 bridgehead atoms. The first-order valence-electron chi connectivity index (χ1n) is 30.0. The molecule has 2 aromatic carbocycles. The molecule has 2 fully saturated rings. The fourth-order valence-corrected chi connectivity index (χ4v) is 10.4. The van der Waals surface area contributed by atoms with Gasteiger partial charge in [-0.25, -0.2) is 10.6 Å². The van der Waals surface area contributed by atoms with Crippen molar-refractivity contribution >= 4 is 65.2 Å². The van der Waals surface area contributed by atoms with Gasteiger partial charge in [-0.1, -0.05) is 116 Å². The van der Waals surface area contributed by atoms with Crippen molar-refractivity contribution in [2.45, 2.75) is 194 Å². The van der Waals surface area contributed by atoms with Crippen LogP contribution in [0.4, 0.5) is 4.79 Å². The molecule has 26 heteroatoms. The van der Waals surface area contributed by atoms with Crippen molar-refractivity contribution in [3.8, 4) is 0 Å². The molecule has 0 radical (unpaired) electrons. The summed E-state index contributed by atoms with van der Waals surface area (Å²) in [5, 5.41) is 41.9. The fourth-order valence-electron chi connectivity index (χ4n) is 10.4. The molecule has 0 unspecified atom stereocenters. The summed E-state index contributed by atoms with van der Waals surface area (Å²) in [6, 6.07) is 4.97. The summed E-state index contributed by atoms with van der Waals surface area (Å²) in [7, 11) is 0. The van der Waals surface area contributed by atoms with Crippen LogP contribution in [0.5, 0.6) is 0 Å². The number of benzene rings is 2. The van der Waals surface area contributed by atoms with Crippen LogP contribution in [0, 0.1) is 23.7 Å². The van der Waals surface area contributed by atoms with E-state index in [1.165, 1.54) is 9.80 Å². The molecule has 4 rings (SSSR count). The second-order valence-electron chi connectivity index (χ2n) is 24.9. The summed E-state index contributed by atoms with van der Waals surface area (Å²) < 4.78 is 5.31. The number of ether oxygens (including phenoxy) is 1. The Labute approximate surface area is 510 Å². The Morgan fingerprint density at radius 3 is 1.18 bits per heavy atom. The molecule has 2 heterocycles. The number of hydrogen-bond acceptors (Lipinski definition) is 15. The number of nitrogens with zero attached hydrogens (tertiary/aromatic N) is 2. The second kappa shape index (κ2) is 34.0. The number of aliphatic hydroxyl groups excluding tert-OH is 2. The van der Waals surface area contributed by atoms with E-state index < -0.39 is 156 Å². The molecule has 10 atom stereocenters. The summed E-state index contributed by atoms with van der Waals surface area (Å²) >= 11 is 0. The highest BCUT2D eigenvalue weighted by Crippen LogP contribution is 2.23. The number of nitrogens with two attached hydrogens (primary N) is 1. The van der Waals surface area contributed by atoms with Gasteiger partial charge < -0.3 is 67.3 Å². The van der Waals surface area contributed by atoms with Crippen LogP contribution in [-0.4, -0.2) is 178 Å². The van der Waals surface area contributed by atoms with E-state index in [9.17, 15) is 63.0 Å². The number of aliphatic hydroxyl groups is 2. The van der Waals surface area contributed by atoms with Gasteiger partial charge >= 0.3 is 6.09 Å². The second-order valence-corrected chi connectivity index (χ2v) is 24.9. The predicted octanol–water partition coefficient (Wildman–Crippen LogP) is 0.119. The lowest BCUT2D eigenvalue weighted by Gasteiger charge is -2.32. The van der Waals surface area contributed by atoms with Gasteiger partial charge in [-0.15, -0.1) is 0 Å². The fraction of sp³-hybridized carbons (Fsp3) is 0.623. The molecule has 2 aromatic rings. The van der Waals surface area contributed by atoms with Crippen molar-refractivity contribution in [3.63, 3.8) is 0 Å². The molecule has 0 spiro atoms. The predicted molar refractivity (Wildman–Crippen MR) is 322 cm³/mol. The Hall–Kier alpha value is -7.71. The van der Waals surface area contributed by atoms with Crippen LogP contribution >= 0.6 is 0 Å². The maximum Gasteiger partial charge on any atom is 0.408 e. The zero-order chi connectivity index (χ0) is 64.9. The van der Waals surface area contributed by atoms with Gasteiger partial charge in [-0.3, -0.25) is 53.4 Å². The minimum absolute atomic E-state index is 0.0444. The standard InChI is InChI=1S/C61H94N12O14/c1-34(2)28-40(64-53(79)45(33-75)68-57(83)49(37(7)8)70-60(86)87-61(9,10)11)50(76)65-42(30-38-20-14-12-15-21-38)58(84)72-26-18-24-46(72)54(80)69-48(36(5)6)56(82)67-44(32-74)52(78)63-41(29-35(3)4)51(77)66-43(31-39-22-16-13-17-23-39)59(85)73-27-19-25-47(73)55(81)71-62/h12-17,20-23,34-37,40-49,74-75H,18-19,24-33,62H2,1-11H3,(H,63,78)(H,64,79)(H,65,76)(H,66,77)(H,67,82)(H,68,83)(H,69,80)(H,70,86)(H,71,81)/t40-,41-,42+,43+,44-,45-,46-,47-,48-,49-/m0/s1. The van der Waals surface area contributed by atoms with E-state index in [1.54, 1.807) is 123 Å². The average molecular weight is 1220 g/mol. The molecule has 87 heavy (non-hydrogen) atoms. The molecular weight excluding hydrogens is 1120 g/mol. The molecule has 0 aromatic heterocycles. The molecule has 0 aliphatic carbocycles. The van der Waals surface area contributed by atoms with Crippen molar-refractivity contribution in [2.75, 3.05) is 26.3 Å². The lowest BCUT2D eigenvalue weighted by molar-refractivity contribution is -0.143. The maximum atomic E-state index is 14.8. The minimum atomic E-state index is -1.63. The van der Waals surface area contributed by atoms with Gasteiger partial charge in [0.05, 0.1) is 13.2 Å². The number of alkyl carbamates (subject to hydrolysis) is 1. The molecule has 13 N–H and O–H groups in total. The van der Waals surface area contributed by atoms with Gasteiger partial charge in [0.25, 0.3) is 5.91 Å². The van der Waals surface area contributed by atoms with Gasteiger partial charge in [0.15, 0.2) is 0 Å². The third-order valence-electron chi connectivity index (χ3n) is 14.8. The first kappa shape index (κ1) is 71.8. The Balaban J connectivity index is 1.51. The number of carbonyl (C=O) groups is 11. The van der Waals surface area contributed by atoms with Crippen molar-refractivity contribution < 1.29 is 67.7 Å². The van der Waals surface area contributed by atoms with E-state index in [-0.39, 0.29) is 57.0 Å². The zero-order valence-electron chi connectivity index (χ0n) is 52.1. The highest BCUT2D eigenvalue weighted by molar-refractivity contribution is 5.99. The Morgan fingerprint density at radius 2 is 0.839 bits per heavy atom. The minimum Gasteiger partial charge on any atom is -0.444 e. The lowest BCUT2D eigenvalue weighted by Crippen LogP contribution is -2.62. The molecule has 0 saturated carbocycles. The van der Waals surface area contributed by atoms with Crippen LogP contribution in [0.15, 0.2) is 60.7 Å². The molecule has 482 valence electrons. The highest BCUT2D eigenvalue weighted by atomic mass is 16.6. The van der Waals surface area contributed by atoms with Gasteiger partial charge in [0, 0.05) is 25.9 Å². The van der Waals surface area contributed by atoms with Gasteiger partial charge in [0.2, 0.25) is 53.2 Å². The molecular formula is C61H94N12O14. The molecule has 11 amide bonds. The van der Waals surface area contributed by atoms with Crippen LogP contribution < -0.4 is 53.8 Å². The molecule has 26 nitrogen and oxygen atoms in total. The Kier molecular flexibility index (Phi) is 28.0. The zero-order valence-corrected chi connectivity index (χ0v) is 52.1. The quantitative estimate of drug-likeness (QED) is 0.0281. The molecule has 2 aliphatic heterocycles. The summed E-state index contributed by atoms with van der Waals surface area (Å²) in [4.78, 5) is 155. The monoisotopic (exact) mass is 1220 g/mol. The van der Waals surface area contributed by atoms with Crippen molar-refractivity contribution in [1.82, 2.24) is 57.8 Å². The summed E-state index contributed by atoms with van der Waals surface area (Å²) in [6.45, 7) is 17.3. The lowest BCUT2D eigenvalue weighted by atomic mass is 9.99. The Bertz CT molecular complexity index is 2670. The number of likely N-dealkylation sites (tertiary alicyclic amines) is 2. The topological polar surface area (TPSA) is 378 Å². The Morgan fingerprint density at radius 1 is 0.494 bits per heavy atom. The number of hydrazine groups is 1. The third kappa shape index (κ3) is 22.2. The van der Waals surface area contributed by atoms with E-state index in [1.807, 2.05) is 13.8 Å². The SMILES string of the molecule is CC(C)C[C@H](NC(=O)[C@H](CO)NC(=O)[C@@H](NC(=O)[C@@H]1CCCN1C(=O)[C@@H](Cc1ccccc1)NC(=O)[C@H](CC(C)C)NC(=O)[C@H](CO)NC(=O)[C@@H](NC(=O)OC(C)(C)C)C(C)C)C(C)C)C(=O)N[C@H](Cc1ccccc1)C(=O)N1CCC[C@H]1C(=O)NN. The van der Waals surface area contributed by atoms with E-state index in [4.69, 9.17) is 10.6 Å². The third-order valence-corrected chi connectivity index (χ3v) is 14.8. The van der Waals surface area contributed by atoms with Crippen molar-refractivity contribution in [1.29, 1.82) is 0 Å². The van der Waals surface area contributed by atoms with Crippen LogP contribution in [0.3, 0.4) is 0 Å². The maximum absolute atomic E-state index is 14.8. The number of rotatable bonds is 30. The average Bonchev–Trinajstić information content (AvgIpc) is 4.41. The number of hydrogen-bond donors (Lipinski definition) is 12. The molecule has 2 saturated heterocycles. The van der Waals surface area contributed by atoms with Gasteiger partial charge in [-0.05, 0) is 94.1 Å². The normalized spacial score (nSPS) is 17.8. The smallest absolute Gasteiger partial charge is 0.408 e. The summed E-state index contributed by atoms with van der Waals surface area (Å²) in [5.41, 5.74) is 2.59.